The first kappa shape index (κ1) is 25.3. The SMILES string of the molecule is COC(=O)[C@H](C)NP(=O)(OC[C@]12CO[C@H]([C@H](n3cc(C)c(=O)[nH]c3=O)O1)[C@H]2O)Oc1ccccc1. The topological polar surface area (TPSA) is 167 Å². The van der Waals surface area contributed by atoms with E-state index >= 15 is 0 Å². The number of hydrogen-bond donors (Lipinski definition) is 3. The molecule has 190 valence electrons. The molecule has 0 amide bonds. The molecule has 2 aliphatic heterocycles. The normalized spacial score (nSPS) is 27.8. The number of fused-ring (bicyclic) bond motifs is 2. The summed E-state index contributed by atoms with van der Waals surface area (Å²) in [4.78, 5) is 38.1. The van der Waals surface area contributed by atoms with Crippen molar-refractivity contribution in [1.29, 1.82) is 0 Å². The summed E-state index contributed by atoms with van der Waals surface area (Å²) in [5.74, 6) is -0.488. The zero-order chi connectivity index (χ0) is 25.4. The van der Waals surface area contributed by atoms with Crippen molar-refractivity contribution >= 4 is 13.7 Å². The molecule has 13 nitrogen and oxygen atoms in total. The molecule has 3 heterocycles. The van der Waals surface area contributed by atoms with Crippen molar-refractivity contribution in [3.05, 3.63) is 62.9 Å². The van der Waals surface area contributed by atoms with E-state index in [9.17, 15) is 24.1 Å². The summed E-state index contributed by atoms with van der Waals surface area (Å²) in [6.45, 7) is 2.35. The molecule has 0 spiro atoms. The lowest BCUT2D eigenvalue weighted by atomic mass is 10.0. The molecular formula is C21H26N3O10P. The van der Waals surface area contributed by atoms with E-state index in [-0.39, 0.29) is 17.9 Å². The van der Waals surface area contributed by atoms with Crippen LogP contribution in [0.5, 0.6) is 5.75 Å². The Morgan fingerprint density at radius 2 is 2.09 bits per heavy atom. The summed E-state index contributed by atoms with van der Waals surface area (Å²) in [5, 5.41) is 13.4. The molecule has 0 saturated carbocycles. The van der Waals surface area contributed by atoms with Gasteiger partial charge < -0.3 is 23.8 Å². The Bertz CT molecular complexity index is 1250. The zero-order valence-corrected chi connectivity index (χ0v) is 20.1. The van der Waals surface area contributed by atoms with Crippen LogP contribution >= 0.6 is 7.75 Å². The summed E-state index contributed by atoms with van der Waals surface area (Å²) >= 11 is 0. The Kier molecular flexibility index (Phi) is 7.00. The first-order valence-corrected chi connectivity index (χ1v) is 12.3. The maximum atomic E-state index is 13.6. The van der Waals surface area contributed by atoms with E-state index in [1.807, 2.05) is 0 Å². The molecule has 14 heteroatoms. The third-order valence-electron chi connectivity index (χ3n) is 5.78. The summed E-state index contributed by atoms with van der Waals surface area (Å²) in [5.41, 5.74) is -2.52. The van der Waals surface area contributed by atoms with Crippen molar-refractivity contribution < 1.29 is 37.7 Å². The number of hydrogen-bond acceptors (Lipinski definition) is 10. The van der Waals surface area contributed by atoms with Gasteiger partial charge in [-0.1, -0.05) is 18.2 Å². The van der Waals surface area contributed by atoms with E-state index in [2.05, 4.69) is 14.8 Å². The van der Waals surface area contributed by atoms with Gasteiger partial charge in [-0.15, -0.1) is 0 Å². The van der Waals surface area contributed by atoms with Crippen molar-refractivity contribution in [1.82, 2.24) is 14.6 Å². The number of carbonyl (C=O) groups excluding carboxylic acids is 1. The molecule has 0 radical (unpaired) electrons. The minimum atomic E-state index is -4.21. The third-order valence-corrected chi connectivity index (χ3v) is 7.40. The first-order chi connectivity index (χ1) is 16.6. The second kappa shape index (κ2) is 9.69. The van der Waals surface area contributed by atoms with Crippen molar-refractivity contribution in [2.75, 3.05) is 20.3 Å². The predicted octanol–water partition coefficient (Wildman–Crippen LogP) is 0.227. The van der Waals surface area contributed by atoms with E-state index in [4.69, 9.17) is 18.5 Å². The Balaban J connectivity index is 1.57. The lowest BCUT2D eigenvalue weighted by Gasteiger charge is -2.32. The number of methoxy groups -OCH3 is 1. The quantitative estimate of drug-likeness (QED) is 0.311. The number of nitrogens with zero attached hydrogens (tertiary/aromatic N) is 1. The van der Waals surface area contributed by atoms with Gasteiger partial charge in [0.05, 0.1) is 20.3 Å². The molecule has 2 aromatic rings. The molecule has 4 rings (SSSR count). The van der Waals surface area contributed by atoms with Crippen LogP contribution in [0.1, 0.15) is 18.7 Å². The van der Waals surface area contributed by atoms with Crippen LogP contribution in [-0.4, -0.2) is 64.8 Å². The molecule has 2 aliphatic rings. The van der Waals surface area contributed by atoms with Gasteiger partial charge in [-0.3, -0.25) is 23.7 Å². The second-order valence-electron chi connectivity index (χ2n) is 8.32. The molecule has 3 N–H and O–H groups in total. The molecule has 0 aliphatic carbocycles. The fraction of sp³-hybridized carbons (Fsp3) is 0.476. The monoisotopic (exact) mass is 511 g/mol. The number of benzene rings is 1. The number of aliphatic hydroxyl groups is 1. The van der Waals surface area contributed by atoms with Crippen LogP contribution in [0.25, 0.3) is 0 Å². The standard InChI is InChI=1S/C21H26N3O10P/c1-12-9-24(20(28)22-17(12)26)18-15-16(25)21(33-18,10-31-15)11-32-35(29,23-13(2)19(27)30-3)34-14-7-5-4-6-8-14/h4-9,13,15-16,18,25H,10-11H2,1-3H3,(H,23,29)(H,22,26,28)/t13-,15-,16+,18+,21-,35?/m0/s1. The van der Waals surface area contributed by atoms with Crippen molar-refractivity contribution in [2.24, 2.45) is 0 Å². The van der Waals surface area contributed by atoms with Crippen LogP contribution < -0.4 is 20.9 Å². The maximum absolute atomic E-state index is 13.6. The number of H-pyrrole nitrogens is 1. The van der Waals surface area contributed by atoms with Gasteiger partial charge in [0.1, 0.15) is 29.6 Å². The van der Waals surface area contributed by atoms with Crippen molar-refractivity contribution in [2.45, 2.75) is 43.9 Å². The zero-order valence-electron chi connectivity index (χ0n) is 19.2. The van der Waals surface area contributed by atoms with Gasteiger partial charge in [0.2, 0.25) is 0 Å². The van der Waals surface area contributed by atoms with Gasteiger partial charge in [0.25, 0.3) is 5.56 Å². The van der Waals surface area contributed by atoms with Gasteiger partial charge in [-0.25, -0.2) is 9.36 Å². The number of aromatic amines is 1. The number of aryl methyl sites for hydroxylation is 1. The van der Waals surface area contributed by atoms with Crippen molar-refractivity contribution in [3.63, 3.8) is 0 Å². The number of nitrogens with one attached hydrogen (secondary N) is 2. The molecule has 1 aromatic heterocycles. The van der Waals surface area contributed by atoms with E-state index in [0.29, 0.717) is 0 Å². The summed E-state index contributed by atoms with van der Waals surface area (Å²) in [7, 11) is -3.03. The van der Waals surface area contributed by atoms with Crippen LogP contribution in [0.3, 0.4) is 0 Å². The van der Waals surface area contributed by atoms with E-state index in [1.165, 1.54) is 27.2 Å². The van der Waals surface area contributed by atoms with E-state index < -0.39 is 61.7 Å². The molecule has 1 unspecified atom stereocenters. The van der Waals surface area contributed by atoms with Crippen LogP contribution in [0.15, 0.2) is 46.1 Å². The average Bonchev–Trinajstić information content (AvgIpc) is 3.29. The number of rotatable bonds is 9. The van der Waals surface area contributed by atoms with Crippen LogP contribution in [0, 0.1) is 6.92 Å². The molecule has 2 fully saturated rings. The highest BCUT2D eigenvalue weighted by molar-refractivity contribution is 7.52. The summed E-state index contributed by atoms with van der Waals surface area (Å²) in [6.07, 6.45) is -1.96. The first-order valence-electron chi connectivity index (χ1n) is 10.7. The van der Waals surface area contributed by atoms with Crippen LogP contribution in [0.4, 0.5) is 0 Å². The lowest BCUT2D eigenvalue weighted by molar-refractivity contribution is -0.185. The maximum Gasteiger partial charge on any atom is 0.459 e. The highest BCUT2D eigenvalue weighted by Gasteiger charge is 2.62. The Morgan fingerprint density at radius 3 is 2.77 bits per heavy atom. The number of ether oxygens (including phenoxy) is 3. The summed E-state index contributed by atoms with van der Waals surface area (Å²) in [6, 6.07) is 7.11. The average molecular weight is 511 g/mol. The molecular weight excluding hydrogens is 485 g/mol. The lowest BCUT2D eigenvalue weighted by Crippen LogP contribution is -2.46. The fourth-order valence-corrected chi connectivity index (χ4v) is 5.43. The molecule has 2 saturated heterocycles. The minimum Gasteiger partial charge on any atom is -0.468 e. The molecule has 2 bridgehead atoms. The number of aromatic nitrogens is 2. The predicted molar refractivity (Wildman–Crippen MR) is 120 cm³/mol. The Labute approximate surface area is 199 Å². The fourth-order valence-electron chi connectivity index (χ4n) is 3.89. The van der Waals surface area contributed by atoms with Crippen LogP contribution in [0.2, 0.25) is 0 Å². The van der Waals surface area contributed by atoms with Gasteiger partial charge in [-0.2, -0.15) is 5.09 Å². The largest absolute Gasteiger partial charge is 0.468 e. The Hall–Kier alpha value is -2.80. The summed E-state index contributed by atoms with van der Waals surface area (Å²) < 4.78 is 42.2. The smallest absolute Gasteiger partial charge is 0.459 e. The highest BCUT2D eigenvalue weighted by atomic mass is 31.2. The highest BCUT2D eigenvalue weighted by Crippen LogP contribution is 2.50. The second-order valence-corrected chi connectivity index (χ2v) is 10.0. The number of esters is 1. The van der Waals surface area contributed by atoms with Gasteiger partial charge in [-0.05, 0) is 26.0 Å². The molecule has 1 aromatic carbocycles. The van der Waals surface area contributed by atoms with E-state index in [0.717, 1.165) is 4.57 Å². The number of para-hydroxylation sites is 1. The van der Waals surface area contributed by atoms with Crippen LogP contribution in [-0.2, 0) is 28.1 Å². The number of carbonyl (C=O) groups is 1. The third kappa shape index (κ3) is 4.96. The molecule has 35 heavy (non-hydrogen) atoms. The number of aliphatic hydroxyl groups excluding tert-OH is 1. The molecule has 6 atom stereocenters. The van der Waals surface area contributed by atoms with Gasteiger partial charge >= 0.3 is 19.4 Å². The Morgan fingerprint density at radius 1 is 1.37 bits per heavy atom. The van der Waals surface area contributed by atoms with E-state index in [1.54, 1.807) is 30.3 Å². The van der Waals surface area contributed by atoms with Crippen molar-refractivity contribution in [3.8, 4) is 5.75 Å². The van der Waals surface area contributed by atoms with Gasteiger partial charge in [0.15, 0.2) is 6.23 Å². The van der Waals surface area contributed by atoms with Gasteiger partial charge in [0, 0.05) is 11.8 Å². The minimum absolute atomic E-state index is 0.121.